The lowest BCUT2D eigenvalue weighted by Gasteiger charge is -2.08. The number of hydrogen-bond donors (Lipinski definition) is 1. The number of carbonyl (C=O) groups is 1. The van der Waals surface area contributed by atoms with Crippen LogP contribution in [-0.2, 0) is 17.9 Å². The highest BCUT2D eigenvalue weighted by Gasteiger charge is 2.16. The third kappa shape index (κ3) is 5.29. The van der Waals surface area contributed by atoms with Crippen molar-refractivity contribution < 1.29 is 9.72 Å². The lowest BCUT2D eigenvalue weighted by Crippen LogP contribution is -2.24. The molecule has 0 saturated carbocycles. The van der Waals surface area contributed by atoms with E-state index >= 15 is 0 Å². The summed E-state index contributed by atoms with van der Waals surface area (Å²) in [6, 6.07) is 15.8. The first-order chi connectivity index (χ1) is 14.1. The van der Waals surface area contributed by atoms with Gasteiger partial charge in [-0.3, -0.25) is 19.5 Å². The summed E-state index contributed by atoms with van der Waals surface area (Å²) in [5.41, 5.74) is 1.74. The van der Waals surface area contributed by atoms with Crippen LogP contribution in [0.3, 0.4) is 0 Å². The van der Waals surface area contributed by atoms with E-state index < -0.39 is 4.92 Å². The molecule has 0 unspecified atom stereocenters. The van der Waals surface area contributed by atoms with E-state index in [0.717, 1.165) is 5.56 Å². The zero-order chi connectivity index (χ0) is 20.6. The van der Waals surface area contributed by atoms with E-state index in [1.807, 2.05) is 34.9 Å². The number of nitrogens with zero attached hydrogens (tertiary/aromatic N) is 4. The second-order valence-electron chi connectivity index (χ2n) is 6.06. The molecule has 9 heteroatoms. The maximum atomic E-state index is 12.2. The Hall–Kier alpha value is -3.46. The number of carbonyl (C=O) groups excluding carboxylic acids is 1. The van der Waals surface area contributed by atoms with Crippen LogP contribution in [0.2, 0.25) is 0 Å². The molecule has 29 heavy (non-hydrogen) atoms. The summed E-state index contributed by atoms with van der Waals surface area (Å²) < 4.78 is 1.82. The fourth-order valence-corrected chi connectivity index (χ4v) is 3.39. The molecule has 3 rings (SSSR count). The summed E-state index contributed by atoms with van der Waals surface area (Å²) in [7, 11) is 0. The average molecular weight is 409 g/mol. The Kier molecular flexibility index (Phi) is 6.75. The van der Waals surface area contributed by atoms with E-state index in [1.54, 1.807) is 18.2 Å². The van der Waals surface area contributed by atoms with Crippen molar-refractivity contribution in [1.29, 1.82) is 0 Å². The topological polar surface area (TPSA) is 103 Å². The zero-order valence-corrected chi connectivity index (χ0v) is 16.3. The summed E-state index contributed by atoms with van der Waals surface area (Å²) in [6.45, 7) is 4.67. The van der Waals surface area contributed by atoms with Crippen molar-refractivity contribution in [2.45, 2.75) is 18.2 Å². The lowest BCUT2D eigenvalue weighted by atomic mass is 10.2. The van der Waals surface area contributed by atoms with Gasteiger partial charge in [0.2, 0.25) is 5.91 Å². The number of nitro benzene ring substituents is 1. The van der Waals surface area contributed by atoms with Gasteiger partial charge in [0, 0.05) is 30.8 Å². The SMILES string of the molecule is C=CCn1c(SCC(=O)NCc2ccccc2)nnc1-c1ccc([N+](=O)[O-])cc1. The van der Waals surface area contributed by atoms with Gasteiger partial charge < -0.3 is 5.32 Å². The summed E-state index contributed by atoms with van der Waals surface area (Å²) in [5.74, 6) is 0.651. The molecule has 3 aromatic rings. The van der Waals surface area contributed by atoms with Crippen molar-refractivity contribution in [2.24, 2.45) is 0 Å². The number of benzene rings is 2. The molecular formula is C20H19N5O3S. The van der Waals surface area contributed by atoms with Crippen LogP contribution in [0.1, 0.15) is 5.56 Å². The highest BCUT2D eigenvalue weighted by Crippen LogP contribution is 2.25. The molecule has 1 aromatic heterocycles. The Morgan fingerprint density at radius 1 is 1.17 bits per heavy atom. The maximum absolute atomic E-state index is 12.2. The third-order valence-corrected chi connectivity index (χ3v) is 5.00. The van der Waals surface area contributed by atoms with Crippen LogP contribution in [0.5, 0.6) is 0 Å². The number of hydrogen-bond acceptors (Lipinski definition) is 6. The van der Waals surface area contributed by atoms with Crippen molar-refractivity contribution in [1.82, 2.24) is 20.1 Å². The molecule has 2 aromatic carbocycles. The molecule has 0 fully saturated rings. The molecule has 0 saturated heterocycles. The van der Waals surface area contributed by atoms with Crippen molar-refractivity contribution in [3.63, 3.8) is 0 Å². The number of nitro groups is 1. The fraction of sp³-hybridized carbons (Fsp3) is 0.150. The smallest absolute Gasteiger partial charge is 0.269 e. The van der Waals surface area contributed by atoms with Crippen LogP contribution in [0, 0.1) is 10.1 Å². The minimum absolute atomic E-state index is 0.00761. The van der Waals surface area contributed by atoms with Crippen LogP contribution < -0.4 is 5.32 Å². The van der Waals surface area contributed by atoms with E-state index in [1.165, 1.54) is 23.9 Å². The Morgan fingerprint density at radius 3 is 2.55 bits per heavy atom. The second kappa shape index (κ2) is 9.65. The first-order valence-corrected chi connectivity index (χ1v) is 9.79. The molecule has 1 amide bonds. The lowest BCUT2D eigenvalue weighted by molar-refractivity contribution is -0.384. The van der Waals surface area contributed by atoms with E-state index in [9.17, 15) is 14.9 Å². The Balaban J connectivity index is 1.67. The number of allylic oxidation sites excluding steroid dienone is 1. The zero-order valence-electron chi connectivity index (χ0n) is 15.5. The summed E-state index contributed by atoms with van der Waals surface area (Å²) in [5, 5.41) is 22.7. The number of rotatable bonds is 9. The monoisotopic (exact) mass is 409 g/mol. The number of aromatic nitrogens is 3. The number of amides is 1. The molecule has 0 bridgehead atoms. The van der Waals surface area contributed by atoms with Crippen LogP contribution >= 0.6 is 11.8 Å². The first-order valence-electron chi connectivity index (χ1n) is 8.81. The molecule has 8 nitrogen and oxygen atoms in total. The molecule has 0 aliphatic rings. The van der Waals surface area contributed by atoms with Gasteiger partial charge in [-0.25, -0.2) is 0 Å². The predicted molar refractivity (Wildman–Crippen MR) is 111 cm³/mol. The summed E-state index contributed by atoms with van der Waals surface area (Å²) in [4.78, 5) is 22.5. The molecular weight excluding hydrogens is 390 g/mol. The second-order valence-corrected chi connectivity index (χ2v) is 7.00. The van der Waals surface area contributed by atoms with E-state index in [0.29, 0.717) is 29.6 Å². The van der Waals surface area contributed by atoms with Crippen molar-refractivity contribution in [2.75, 3.05) is 5.75 Å². The summed E-state index contributed by atoms with van der Waals surface area (Å²) >= 11 is 1.28. The molecule has 148 valence electrons. The molecule has 0 aliphatic heterocycles. The largest absolute Gasteiger partial charge is 0.351 e. The molecule has 1 N–H and O–H groups in total. The van der Waals surface area contributed by atoms with Crippen LogP contribution in [-0.4, -0.2) is 31.3 Å². The average Bonchev–Trinajstić information content (AvgIpc) is 3.14. The molecule has 0 aliphatic carbocycles. The summed E-state index contributed by atoms with van der Waals surface area (Å²) in [6.07, 6.45) is 1.71. The van der Waals surface area contributed by atoms with Gasteiger partial charge in [0.15, 0.2) is 11.0 Å². The fourth-order valence-electron chi connectivity index (χ4n) is 2.61. The molecule has 0 atom stereocenters. The van der Waals surface area contributed by atoms with E-state index in [2.05, 4.69) is 22.1 Å². The van der Waals surface area contributed by atoms with Gasteiger partial charge in [-0.05, 0) is 17.7 Å². The highest BCUT2D eigenvalue weighted by molar-refractivity contribution is 7.99. The van der Waals surface area contributed by atoms with Crippen molar-refractivity contribution in [3.8, 4) is 11.4 Å². The highest BCUT2D eigenvalue weighted by atomic mass is 32.2. The third-order valence-electron chi connectivity index (χ3n) is 4.03. The van der Waals surface area contributed by atoms with Crippen LogP contribution in [0.25, 0.3) is 11.4 Å². The quantitative estimate of drug-likeness (QED) is 0.251. The van der Waals surface area contributed by atoms with Gasteiger partial charge in [0.05, 0.1) is 10.7 Å². The maximum Gasteiger partial charge on any atom is 0.269 e. The standard InChI is InChI=1S/C20H19N5O3S/c1-2-12-24-19(16-8-10-17(11-9-16)25(27)28)22-23-20(24)29-14-18(26)21-13-15-6-4-3-5-7-15/h2-11H,1,12-14H2,(H,21,26). The minimum atomic E-state index is -0.451. The Morgan fingerprint density at radius 2 is 1.90 bits per heavy atom. The first kappa shape index (κ1) is 20.3. The van der Waals surface area contributed by atoms with Crippen molar-refractivity contribution in [3.05, 3.63) is 82.9 Å². The minimum Gasteiger partial charge on any atom is -0.351 e. The molecule has 0 spiro atoms. The number of non-ortho nitro benzene ring substituents is 1. The Labute approximate surface area is 171 Å². The van der Waals surface area contributed by atoms with E-state index in [4.69, 9.17) is 0 Å². The van der Waals surface area contributed by atoms with Gasteiger partial charge in [-0.15, -0.1) is 16.8 Å². The normalized spacial score (nSPS) is 10.5. The van der Waals surface area contributed by atoms with Crippen LogP contribution in [0.4, 0.5) is 5.69 Å². The van der Waals surface area contributed by atoms with Crippen LogP contribution in [0.15, 0.2) is 72.4 Å². The van der Waals surface area contributed by atoms with Gasteiger partial charge in [0.25, 0.3) is 5.69 Å². The van der Waals surface area contributed by atoms with Gasteiger partial charge >= 0.3 is 0 Å². The number of thioether (sulfide) groups is 1. The van der Waals surface area contributed by atoms with Crippen molar-refractivity contribution >= 4 is 23.4 Å². The number of nitrogens with one attached hydrogen (secondary N) is 1. The van der Waals surface area contributed by atoms with Gasteiger partial charge in [0.1, 0.15) is 0 Å². The van der Waals surface area contributed by atoms with Gasteiger partial charge in [-0.1, -0.05) is 48.2 Å². The molecule has 0 radical (unpaired) electrons. The predicted octanol–water partition coefficient (Wildman–Crippen LogP) is 3.45. The Bertz CT molecular complexity index is 1000. The van der Waals surface area contributed by atoms with Gasteiger partial charge in [-0.2, -0.15) is 0 Å². The molecule has 1 heterocycles. The van der Waals surface area contributed by atoms with E-state index in [-0.39, 0.29) is 17.3 Å².